The fraction of sp³-hybridized carbons (Fsp3) is 0.286. The van der Waals surface area contributed by atoms with Gasteiger partial charge in [-0.1, -0.05) is 30.3 Å². The second kappa shape index (κ2) is 6.15. The van der Waals surface area contributed by atoms with Gasteiger partial charge in [-0.15, -0.1) is 0 Å². The monoisotopic (exact) mass is 257 g/mol. The van der Waals surface area contributed by atoms with Gasteiger partial charge in [-0.05, 0) is 11.6 Å². The van der Waals surface area contributed by atoms with Crippen LogP contribution in [0.15, 0.2) is 42.6 Å². The molecule has 19 heavy (non-hydrogen) atoms. The summed E-state index contributed by atoms with van der Waals surface area (Å²) in [5, 5.41) is 3.24. The SMILES string of the molecule is CN(C)c1nccc(NCC(N)c2ccccc2)n1. The van der Waals surface area contributed by atoms with Crippen molar-refractivity contribution in [2.24, 2.45) is 5.73 Å². The molecule has 2 aromatic rings. The maximum atomic E-state index is 6.12. The predicted molar refractivity (Wildman–Crippen MR) is 78.2 cm³/mol. The summed E-state index contributed by atoms with van der Waals surface area (Å²) in [4.78, 5) is 10.4. The van der Waals surface area contributed by atoms with Gasteiger partial charge in [0.15, 0.2) is 0 Å². The zero-order valence-corrected chi connectivity index (χ0v) is 11.2. The minimum Gasteiger partial charge on any atom is -0.368 e. The molecule has 1 heterocycles. The van der Waals surface area contributed by atoms with Crippen LogP contribution >= 0.6 is 0 Å². The summed E-state index contributed by atoms with van der Waals surface area (Å²) in [5.74, 6) is 1.46. The first kappa shape index (κ1) is 13.3. The Hall–Kier alpha value is -2.14. The van der Waals surface area contributed by atoms with Crippen LogP contribution in [0.5, 0.6) is 0 Å². The van der Waals surface area contributed by atoms with E-state index in [4.69, 9.17) is 5.73 Å². The maximum Gasteiger partial charge on any atom is 0.226 e. The van der Waals surface area contributed by atoms with Gasteiger partial charge >= 0.3 is 0 Å². The van der Waals surface area contributed by atoms with Gasteiger partial charge in [-0.25, -0.2) is 4.98 Å². The van der Waals surface area contributed by atoms with E-state index in [-0.39, 0.29) is 6.04 Å². The molecular weight excluding hydrogens is 238 g/mol. The molecule has 3 N–H and O–H groups in total. The summed E-state index contributed by atoms with van der Waals surface area (Å²) in [6.07, 6.45) is 1.73. The van der Waals surface area contributed by atoms with Gasteiger partial charge in [0.05, 0.1) is 0 Å². The Bertz CT molecular complexity index is 512. The topological polar surface area (TPSA) is 67.1 Å². The van der Waals surface area contributed by atoms with Crippen molar-refractivity contribution in [1.29, 1.82) is 0 Å². The molecule has 0 fully saturated rings. The third kappa shape index (κ3) is 3.66. The fourth-order valence-corrected chi connectivity index (χ4v) is 1.69. The minimum atomic E-state index is -0.0565. The molecule has 2 rings (SSSR count). The van der Waals surface area contributed by atoms with E-state index in [1.165, 1.54) is 0 Å². The quantitative estimate of drug-likeness (QED) is 0.852. The molecule has 1 aromatic carbocycles. The fourth-order valence-electron chi connectivity index (χ4n) is 1.69. The lowest BCUT2D eigenvalue weighted by Gasteiger charge is -2.15. The van der Waals surface area contributed by atoms with Crippen molar-refractivity contribution in [3.8, 4) is 0 Å². The van der Waals surface area contributed by atoms with Gasteiger partial charge < -0.3 is 16.0 Å². The summed E-state index contributed by atoms with van der Waals surface area (Å²) < 4.78 is 0. The van der Waals surface area contributed by atoms with Crippen molar-refractivity contribution < 1.29 is 0 Å². The molecule has 100 valence electrons. The normalized spacial score (nSPS) is 11.9. The third-order valence-corrected chi connectivity index (χ3v) is 2.77. The van der Waals surface area contributed by atoms with E-state index in [2.05, 4.69) is 15.3 Å². The summed E-state index contributed by atoms with van der Waals surface area (Å²) in [5.41, 5.74) is 7.23. The van der Waals surface area contributed by atoms with Gasteiger partial charge in [-0.2, -0.15) is 4.98 Å². The van der Waals surface area contributed by atoms with Crippen LogP contribution in [0.25, 0.3) is 0 Å². The van der Waals surface area contributed by atoms with E-state index in [0.29, 0.717) is 12.5 Å². The number of nitrogens with one attached hydrogen (secondary N) is 1. The van der Waals surface area contributed by atoms with E-state index in [9.17, 15) is 0 Å². The molecule has 0 radical (unpaired) electrons. The number of hydrogen-bond acceptors (Lipinski definition) is 5. The van der Waals surface area contributed by atoms with E-state index < -0.39 is 0 Å². The number of nitrogens with two attached hydrogens (primary N) is 1. The zero-order chi connectivity index (χ0) is 13.7. The summed E-state index contributed by atoms with van der Waals surface area (Å²) >= 11 is 0. The Labute approximate surface area is 113 Å². The molecule has 1 unspecified atom stereocenters. The lowest BCUT2D eigenvalue weighted by Crippen LogP contribution is -2.21. The highest BCUT2D eigenvalue weighted by Gasteiger charge is 2.06. The average molecular weight is 257 g/mol. The summed E-state index contributed by atoms with van der Waals surface area (Å²) in [6, 6.07) is 11.8. The number of aromatic nitrogens is 2. The first-order valence-corrected chi connectivity index (χ1v) is 6.21. The largest absolute Gasteiger partial charge is 0.368 e. The van der Waals surface area contributed by atoms with Crippen molar-refractivity contribution in [1.82, 2.24) is 9.97 Å². The van der Waals surface area contributed by atoms with Gasteiger partial charge in [-0.3, -0.25) is 0 Å². The molecular formula is C14H19N5. The smallest absolute Gasteiger partial charge is 0.226 e. The molecule has 0 saturated heterocycles. The van der Waals surface area contributed by atoms with E-state index in [1.807, 2.05) is 55.4 Å². The Morgan fingerprint density at radius 1 is 1.21 bits per heavy atom. The van der Waals surface area contributed by atoms with Crippen LogP contribution in [-0.4, -0.2) is 30.6 Å². The van der Waals surface area contributed by atoms with Crippen LogP contribution in [-0.2, 0) is 0 Å². The van der Waals surface area contributed by atoms with Gasteiger partial charge in [0, 0.05) is 32.9 Å². The number of rotatable bonds is 5. The molecule has 5 heteroatoms. The number of nitrogens with zero attached hydrogens (tertiary/aromatic N) is 3. The predicted octanol–water partition coefficient (Wildman–Crippen LogP) is 1.65. The standard InChI is InChI=1S/C14H19N5/c1-19(2)14-16-9-8-13(18-14)17-10-12(15)11-6-4-3-5-7-11/h3-9,12H,10,15H2,1-2H3,(H,16,17,18). The van der Waals surface area contributed by atoms with Gasteiger partial charge in [0.2, 0.25) is 5.95 Å². The molecule has 0 aliphatic rings. The van der Waals surface area contributed by atoms with Crippen LogP contribution in [0.1, 0.15) is 11.6 Å². The summed E-state index contributed by atoms with van der Waals surface area (Å²) in [7, 11) is 3.82. The first-order valence-electron chi connectivity index (χ1n) is 6.21. The maximum absolute atomic E-state index is 6.12. The van der Waals surface area contributed by atoms with Crippen molar-refractivity contribution in [3.05, 3.63) is 48.2 Å². The Morgan fingerprint density at radius 3 is 2.63 bits per heavy atom. The molecule has 0 spiro atoms. The second-order valence-corrected chi connectivity index (χ2v) is 4.53. The average Bonchev–Trinajstić information content (AvgIpc) is 2.46. The highest BCUT2D eigenvalue weighted by molar-refractivity contribution is 5.40. The molecule has 1 atom stereocenters. The van der Waals surface area contributed by atoms with Crippen LogP contribution in [0, 0.1) is 0 Å². The number of anilines is 2. The van der Waals surface area contributed by atoms with Crippen LogP contribution in [0.4, 0.5) is 11.8 Å². The van der Waals surface area contributed by atoms with Crippen molar-refractivity contribution in [3.63, 3.8) is 0 Å². The third-order valence-electron chi connectivity index (χ3n) is 2.77. The highest BCUT2D eigenvalue weighted by Crippen LogP contribution is 2.12. The van der Waals surface area contributed by atoms with Crippen molar-refractivity contribution >= 4 is 11.8 Å². The van der Waals surface area contributed by atoms with Crippen LogP contribution < -0.4 is 16.0 Å². The first-order chi connectivity index (χ1) is 9.16. The molecule has 0 amide bonds. The highest BCUT2D eigenvalue weighted by atomic mass is 15.2. The number of hydrogen-bond donors (Lipinski definition) is 2. The number of benzene rings is 1. The minimum absolute atomic E-state index is 0.0565. The van der Waals surface area contributed by atoms with Crippen molar-refractivity contribution in [2.45, 2.75) is 6.04 Å². The van der Waals surface area contributed by atoms with Crippen molar-refractivity contribution in [2.75, 3.05) is 30.9 Å². The molecule has 0 saturated carbocycles. The van der Waals surface area contributed by atoms with Gasteiger partial charge in [0.25, 0.3) is 0 Å². The van der Waals surface area contributed by atoms with Gasteiger partial charge in [0.1, 0.15) is 5.82 Å². The Morgan fingerprint density at radius 2 is 1.95 bits per heavy atom. The van der Waals surface area contributed by atoms with Crippen LogP contribution in [0.2, 0.25) is 0 Å². The lowest BCUT2D eigenvalue weighted by molar-refractivity contribution is 0.761. The summed E-state index contributed by atoms with van der Waals surface area (Å²) in [6.45, 7) is 0.633. The molecule has 0 bridgehead atoms. The lowest BCUT2D eigenvalue weighted by atomic mass is 10.1. The van der Waals surface area contributed by atoms with Crippen LogP contribution in [0.3, 0.4) is 0 Å². The van der Waals surface area contributed by atoms with E-state index >= 15 is 0 Å². The zero-order valence-electron chi connectivity index (χ0n) is 11.2. The second-order valence-electron chi connectivity index (χ2n) is 4.53. The van der Waals surface area contributed by atoms with E-state index in [0.717, 1.165) is 11.4 Å². The molecule has 0 aliphatic heterocycles. The Kier molecular flexibility index (Phi) is 4.30. The molecule has 5 nitrogen and oxygen atoms in total. The Balaban J connectivity index is 1.97. The van der Waals surface area contributed by atoms with E-state index in [1.54, 1.807) is 6.20 Å². The molecule has 1 aromatic heterocycles. The molecule has 0 aliphatic carbocycles.